The van der Waals surface area contributed by atoms with Gasteiger partial charge in [0.2, 0.25) is 0 Å². The molecule has 1 amide bonds. The van der Waals surface area contributed by atoms with Gasteiger partial charge in [0.1, 0.15) is 0 Å². The smallest absolute Gasteiger partial charge is 0.256 e. The van der Waals surface area contributed by atoms with E-state index < -0.39 is 9.84 Å². The second-order valence-electron chi connectivity index (χ2n) is 9.52. The van der Waals surface area contributed by atoms with Crippen LogP contribution in [0.15, 0.2) is 41.3 Å². The highest BCUT2D eigenvalue weighted by molar-refractivity contribution is 7.90. The molecule has 1 aliphatic carbocycles. The predicted molar refractivity (Wildman–Crippen MR) is 145 cm³/mol. The predicted octanol–water partition coefficient (Wildman–Crippen LogP) is 5.90. The van der Waals surface area contributed by atoms with Crippen molar-refractivity contribution in [3.63, 3.8) is 0 Å². The van der Waals surface area contributed by atoms with E-state index in [2.05, 4.69) is 15.6 Å². The zero-order chi connectivity index (χ0) is 25.6. The first-order chi connectivity index (χ1) is 17.1. The number of rotatable bonds is 8. The molecule has 9 heteroatoms. The van der Waals surface area contributed by atoms with E-state index in [9.17, 15) is 13.2 Å². The number of benzene rings is 2. The molecule has 1 saturated carbocycles. The van der Waals surface area contributed by atoms with Crippen molar-refractivity contribution < 1.29 is 13.2 Å². The zero-order valence-electron chi connectivity index (χ0n) is 20.0. The second kappa shape index (κ2) is 9.71. The minimum atomic E-state index is -3.77. The number of aromatic amines is 1. The molecule has 0 atom stereocenters. The molecule has 0 saturated heterocycles. The number of hydrogen-bond acceptors (Lipinski definition) is 4. The molecule has 6 nitrogen and oxygen atoms in total. The van der Waals surface area contributed by atoms with Crippen molar-refractivity contribution >= 4 is 56.3 Å². The molecule has 5 rings (SSSR count). The van der Waals surface area contributed by atoms with Gasteiger partial charge in [-0.2, -0.15) is 0 Å². The van der Waals surface area contributed by atoms with Crippen LogP contribution in [0.5, 0.6) is 0 Å². The van der Waals surface area contributed by atoms with Crippen molar-refractivity contribution in [2.24, 2.45) is 5.92 Å². The second-order valence-corrected chi connectivity index (χ2v) is 12.3. The molecular formula is C27H27Cl2N3O3S. The molecule has 3 N–H and O–H groups in total. The average molecular weight is 545 g/mol. The van der Waals surface area contributed by atoms with Crippen molar-refractivity contribution in [2.75, 3.05) is 11.9 Å². The maximum absolute atomic E-state index is 13.3. The lowest BCUT2D eigenvalue weighted by Crippen LogP contribution is -2.16. The Morgan fingerprint density at radius 3 is 2.50 bits per heavy atom. The van der Waals surface area contributed by atoms with Crippen LogP contribution >= 0.6 is 23.2 Å². The number of H-pyrrole nitrogens is 1. The van der Waals surface area contributed by atoms with Crippen LogP contribution in [0.1, 0.15) is 46.5 Å². The first-order valence-corrected chi connectivity index (χ1v) is 14.3. The van der Waals surface area contributed by atoms with Gasteiger partial charge in [-0.25, -0.2) is 8.42 Å². The van der Waals surface area contributed by atoms with Crippen molar-refractivity contribution in [1.29, 1.82) is 0 Å². The minimum absolute atomic E-state index is 0.101. The third-order valence-corrected chi connectivity index (χ3v) is 9.23. The molecule has 36 heavy (non-hydrogen) atoms. The lowest BCUT2D eigenvalue weighted by molar-refractivity contribution is -0.110. The Labute approximate surface area is 221 Å². The number of amides is 1. The molecule has 2 aromatic carbocycles. The van der Waals surface area contributed by atoms with Crippen LogP contribution in [0.25, 0.3) is 11.6 Å². The summed E-state index contributed by atoms with van der Waals surface area (Å²) in [5, 5.41) is 6.95. The maximum atomic E-state index is 13.3. The molecular weight excluding hydrogens is 517 g/mol. The molecule has 2 aliphatic rings. The first kappa shape index (κ1) is 25.1. The van der Waals surface area contributed by atoms with E-state index in [4.69, 9.17) is 23.2 Å². The van der Waals surface area contributed by atoms with Gasteiger partial charge in [-0.3, -0.25) is 4.79 Å². The molecule has 1 fully saturated rings. The highest BCUT2D eigenvalue weighted by Gasteiger charge is 2.28. The summed E-state index contributed by atoms with van der Waals surface area (Å²) in [5.74, 6) is 0.189. The number of carbonyl (C=O) groups is 1. The van der Waals surface area contributed by atoms with Gasteiger partial charge in [-0.05, 0) is 86.7 Å². The van der Waals surface area contributed by atoms with Gasteiger partial charge >= 0.3 is 0 Å². The fraction of sp³-hybridized carbons (Fsp3) is 0.296. The molecule has 2 heterocycles. The Morgan fingerprint density at radius 2 is 1.81 bits per heavy atom. The number of aryl methyl sites for hydroxylation is 1. The molecule has 0 unspecified atom stereocenters. The number of hydrogen-bond donors (Lipinski definition) is 3. The van der Waals surface area contributed by atoms with Gasteiger partial charge in [-0.15, -0.1) is 0 Å². The summed E-state index contributed by atoms with van der Waals surface area (Å²) >= 11 is 12.4. The first-order valence-electron chi connectivity index (χ1n) is 11.9. The quantitative estimate of drug-likeness (QED) is 0.308. The molecule has 0 radical (unpaired) electrons. The van der Waals surface area contributed by atoms with E-state index in [-0.39, 0.29) is 16.6 Å². The summed E-state index contributed by atoms with van der Waals surface area (Å²) in [6.07, 6.45) is 4.40. The van der Waals surface area contributed by atoms with E-state index in [0.29, 0.717) is 32.4 Å². The van der Waals surface area contributed by atoms with E-state index >= 15 is 0 Å². The fourth-order valence-electron chi connectivity index (χ4n) is 4.54. The lowest BCUT2D eigenvalue weighted by atomic mass is 10.0. The molecule has 188 valence electrons. The summed E-state index contributed by atoms with van der Waals surface area (Å²) in [6.45, 7) is 5.85. The van der Waals surface area contributed by atoms with Crippen LogP contribution in [0.2, 0.25) is 10.0 Å². The topological polar surface area (TPSA) is 91.1 Å². The van der Waals surface area contributed by atoms with Crippen molar-refractivity contribution in [3.05, 3.63) is 80.1 Å². The van der Waals surface area contributed by atoms with Crippen LogP contribution in [-0.4, -0.2) is 25.9 Å². The minimum Gasteiger partial charge on any atom is -0.359 e. The highest BCUT2D eigenvalue weighted by atomic mass is 35.5. The van der Waals surface area contributed by atoms with Gasteiger partial charge < -0.3 is 15.6 Å². The van der Waals surface area contributed by atoms with Crippen LogP contribution in [-0.2, 0) is 26.9 Å². The lowest BCUT2D eigenvalue weighted by Gasteiger charge is -2.10. The Morgan fingerprint density at radius 1 is 1.08 bits per heavy atom. The number of anilines is 1. The number of carbonyl (C=O) groups excluding carboxylic acids is 1. The van der Waals surface area contributed by atoms with Crippen LogP contribution in [0.4, 0.5) is 5.69 Å². The van der Waals surface area contributed by atoms with Gasteiger partial charge in [0.25, 0.3) is 5.91 Å². The van der Waals surface area contributed by atoms with Crippen molar-refractivity contribution in [3.8, 4) is 0 Å². The summed E-state index contributed by atoms with van der Waals surface area (Å²) in [4.78, 5) is 16.3. The summed E-state index contributed by atoms with van der Waals surface area (Å²) in [5.41, 5.74) is 6.04. The Bertz CT molecular complexity index is 1480. The summed E-state index contributed by atoms with van der Waals surface area (Å²) in [6, 6.07) is 9.55. The molecule has 0 spiro atoms. The van der Waals surface area contributed by atoms with E-state index in [1.165, 1.54) is 24.5 Å². The summed E-state index contributed by atoms with van der Waals surface area (Å²) in [7, 11) is -3.77. The Kier molecular flexibility index (Phi) is 6.76. The number of aromatic nitrogens is 1. The number of halogens is 2. The van der Waals surface area contributed by atoms with Crippen LogP contribution in [0.3, 0.4) is 0 Å². The van der Waals surface area contributed by atoms with Gasteiger partial charge in [0.05, 0.1) is 16.2 Å². The average Bonchev–Trinajstić information content (AvgIpc) is 3.55. The number of nitrogens with one attached hydrogen (secondary N) is 3. The van der Waals surface area contributed by atoms with Crippen molar-refractivity contribution in [2.45, 2.75) is 43.9 Å². The zero-order valence-corrected chi connectivity index (χ0v) is 22.4. The standard InChI is InChI=1S/C27H27Cl2N3O3S/c1-15-21(13-30-12-17-6-7-17)16(2)31-26(15)11-20-19-10-18(8-9-25(19)32-27(20)33)36(34,35)14-22-23(28)4-3-5-24(22)29/h3-5,8-11,17,30-31H,6-7,12-14H2,1-2H3,(H,32,33). The van der Waals surface area contributed by atoms with E-state index in [1.54, 1.807) is 36.4 Å². The Hall–Kier alpha value is -2.58. The van der Waals surface area contributed by atoms with E-state index in [0.717, 1.165) is 36.0 Å². The normalized spacial score (nSPS) is 16.4. The SMILES string of the molecule is Cc1[nH]c(C=C2C(=O)Nc3ccc(S(=O)(=O)Cc4c(Cl)cccc4Cl)cc32)c(C)c1CNCC1CC1. The van der Waals surface area contributed by atoms with Crippen LogP contribution < -0.4 is 10.6 Å². The third kappa shape index (κ3) is 4.98. The molecule has 1 aliphatic heterocycles. The monoisotopic (exact) mass is 543 g/mol. The van der Waals surface area contributed by atoms with Crippen LogP contribution in [0, 0.1) is 19.8 Å². The van der Waals surface area contributed by atoms with Gasteiger partial charge in [0, 0.05) is 44.8 Å². The maximum Gasteiger partial charge on any atom is 0.256 e. The summed E-state index contributed by atoms with van der Waals surface area (Å²) < 4.78 is 26.5. The molecule has 1 aromatic heterocycles. The van der Waals surface area contributed by atoms with Gasteiger partial charge in [0.15, 0.2) is 9.84 Å². The number of sulfone groups is 1. The van der Waals surface area contributed by atoms with Crippen molar-refractivity contribution in [1.82, 2.24) is 10.3 Å². The highest BCUT2D eigenvalue weighted by Crippen LogP contribution is 2.37. The molecule has 3 aromatic rings. The fourth-order valence-corrected chi connectivity index (χ4v) is 6.66. The Balaban J connectivity index is 1.46. The van der Waals surface area contributed by atoms with Gasteiger partial charge in [-0.1, -0.05) is 29.3 Å². The third-order valence-electron chi connectivity index (χ3n) is 6.88. The molecule has 0 bridgehead atoms. The van der Waals surface area contributed by atoms with E-state index in [1.807, 2.05) is 13.8 Å². The number of fused-ring (bicyclic) bond motifs is 1. The largest absolute Gasteiger partial charge is 0.359 e.